The van der Waals surface area contributed by atoms with E-state index in [0.717, 1.165) is 24.3 Å². The summed E-state index contributed by atoms with van der Waals surface area (Å²) in [5.41, 5.74) is 7.17. The Kier molecular flexibility index (Phi) is 4.10. The highest BCUT2D eigenvalue weighted by Gasteiger charge is 2.25. The van der Waals surface area contributed by atoms with Crippen molar-refractivity contribution < 1.29 is 4.74 Å². The van der Waals surface area contributed by atoms with Crippen LogP contribution in [0.2, 0.25) is 0 Å². The maximum atomic E-state index is 5.22. The van der Waals surface area contributed by atoms with Crippen LogP contribution in [0.3, 0.4) is 0 Å². The molecule has 2 aromatic carbocycles. The summed E-state index contributed by atoms with van der Waals surface area (Å²) in [5.74, 6) is 0.886. The van der Waals surface area contributed by atoms with E-state index in [1.54, 1.807) is 19.5 Å². The molecule has 140 valence electrons. The van der Waals surface area contributed by atoms with Crippen LogP contribution in [0.5, 0.6) is 5.88 Å². The van der Waals surface area contributed by atoms with Crippen molar-refractivity contribution in [1.82, 2.24) is 19.9 Å². The lowest BCUT2D eigenvalue weighted by Gasteiger charge is -2.33. The van der Waals surface area contributed by atoms with Gasteiger partial charge in [-0.3, -0.25) is 4.98 Å². The van der Waals surface area contributed by atoms with E-state index in [4.69, 9.17) is 4.74 Å². The van der Waals surface area contributed by atoms with Gasteiger partial charge in [-0.1, -0.05) is 24.3 Å². The van der Waals surface area contributed by atoms with Gasteiger partial charge < -0.3 is 14.6 Å². The van der Waals surface area contributed by atoms with Gasteiger partial charge in [-0.05, 0) is 47.3 Å². The molecule has 1 N–H and O–H groups in total. The van der Waals surface area contributed by atoms with Crippen LogP contribution in [0.25, 0.3) is 22.2 Å². The molecule has 1 aliphatic heterocycles. The van der Waals surface area contributed by atoms with Crippen molar-refractivity contribution in [2.75, 3.05) is 20.7 Å². The molecule has 1 atom stereocenters. The van der Waals surface area contributed by atoms with Crippen molar-refractivity contribution in [3.63, 3.8) is 0 Å². The normalized spacial score (nSPS) is 16.9. The fourth-order valence-corrected chi connectivity index (χ4v) is 4.16. The number of benzene rings is 2. The molecule has 3 heterocycles. The topological polar surface area (TPSA) is 54.0 Å². The number of rotatable bonds is 3. The average molecular weight is 370 g/mol. The second kappa shape index (κ2) is 6.77. The first-order chi connectivity index (χ1) is 13.7. The van der Waals surface area contributed by atoms with Crippen LogP contribution in [-0.2, 0) is 6.54 Å². The van der Waals surface area contributed by atoms with Crippen LogP contribution in [-0.4, -0.2) is 40.6 Å². The Labute approximate surface area is 164 Å². The zero-order valence-electron chi connectivity index (χ0n) is 16.0. The first-order valence-corrected chi connectivity index (χ1v) is 9.46. The smallest absolute Gasteiger partial charge is 0.232 e. The molecule has 2 aromatic heterocycles. The monoisotopic (exact) mass is 370 g/mol. The number of likely N-dealkylation sites (N-methyl/N-ethyl adjacent to an activating group) is 1. The molecule has 5 nitrogen and oxygen atoms in total. The van der Waals surface area contributed by atoms with Crippen LogP contribution in [0, 0.1) is 0 Å². The Balaban J connectivity index is 1.57. The van der Waals surface area contributed by atoms with Crippen molar-refractivity contribution >= 4 is 10.9 Å². The predicted molar refractivity (Wildman–Crippen MR) is 110 cm³/mol. The first kappa shape index (κ1) is 17.0. The van der Waals surface area contributed by atoms with E-state index in [1.165, 1.54) is 27.6 Å². The third kappa shape index (κ3) is 2.94. The van der Waals surface area contributed by atoms with Gasteiger partial charge >= 0.3 is 0 Å². The van der Waals surface area contributed by atoms with Gasteiger partial charge in [0.2, 0.25) is 5.88 Å². The fraction of sp³-hybridized carbons (Fsp3) is 0.217. The largest absolute Gasteiger partial charge is 0.480 e. The number of aromatic amines is 1. The molecule has 0 saturated heterocycles. The molecule has 5 heteroatoms. The second-order valence-corrected chi connectivity index (χ2v) is 7.43. The lowest BCUT2D eigenvalue weighted by Crippen LogP contribution is -2.31. The Morgan fingerprint density at radius 2 is 2.04 bits per heavy atom. The molecule has 0 amide bonds. The molecule has 0 aliphatic carbocycles. The summed E-state index contributed by atoms with van der Waals surface area (Å²) in [6, 6.07) is 15.5. The fourth-order valence-electron chi connectivity index (χ4n) is 4.16. The number of ether oxygens (including phenoxy) is 1. The minimum Gasteiger partial charge on any atom is -0.480 e. The first-order valence-electron chi connectivity index (χ1n) is 9.46. The van der Waals surface area contributed by atoms with Crippen LogP contribution < -0.4 is 4.74 Å². The summed E-state index contributed by atoms with van der Waals surface area (Å²) in [6.07, 6.45) is 5.41. The average Bonchev–Trinajstić information content (AvgIpc) is 3.20. The van der Waals surface area contributed by atoms with Crippen molar-refractivity contribution in [1.29, 1.82) is 0 Å². The predicted octanol–water partition coefficient (Wildman–Crippen LogP) is 4.21. The van der Waals surface area contributed by atoms with Crippen molar-refractivity contribution in [2.24, 2.45) is 0 Å². The molecule has 5 rings (SSSR count). The number of nitrogens with one attached hydrogen (secondary N) is 1. The van der Waals surface area contributed by atoms with E-state index in [-0.39, 0.29) is 0 Å². The third-order valence-corrected chi connectivity index (χ3v) is 5.55. The third-order valence-electron chi connectivity index (χ3n) is 5.55. The summed E-state index contributed by atoms with van der Waals surface area (Å²) in [7, 11) is 3.79. The number of hydrogen-bond donors (Lipinski definition) is 1. The quantitative estimate of drug-likeness (QED) is 0.587. The maximum absolute atomic E-state index is 5.22. The molecule has 28 heavy (non-hydrogen) atoms. The Morgan fingerprint density at radius 3 is 2.93 bits per heavy atom. The van der Waals surface area contributed by atoms with E-state index in [9.17, 15) is 0 Å². The van der Waals surface area contributed by atoms with Gasteiger partial charge in [-0.25, -0.2) is 4.98 Å². The van der Waals surface area contributed by atoms with Crippen molar-refractivity contribution in [3.05, 3.63) is 77.7 Å². The van der Waals surface area contributed by atoms with E-state index < -0.39 is 0 Å². The van der Waals surface area contributed by atoms with Crippen molar-refractivity contribution in [2.45, 2.75) is 12.5 Å². The molecular weight excluding hydrogens is 348 g/mol. The molecule has 1 aliphatic rings. The number of aromatic nitrogens is 3. The number of H-pyrrole nitrogens is 1. The number of nitrogens with zero attached hydrogens (tertiary/aromatic N) is 3. The van der Waals surface area contributed by atoms with Crippen molar-refractivity contribution in [3.8, 4) is 17.1 Å². The Morgan fingerprint density at radius 1 is 1.11 bits per heavy atom. The minimum absolute atomic E-state index is 0.354. The van der Waals surface area contributed by atoms with Gasteiger partial charge in [0.15, 0.2) is 0 Å². The van der Waals surface area contributed by atoms with E-state index >= 15 is 0 Å². The van der Waals surface area contributed by atoms with Gasteiger partial charge in [0.1, 0.15) is 0 Å². The molecule has 0 fully saturated rings. The molecule has 0 spiro atoms. The highest BCUT2D eigenvalue weighted by atomic mass is 16.5. The lowest BCUT2D eigenvalue weighted by molar-refractivity contribution is 0.295. The number of methoxy groups -OCH3 is 1. The van der Waals surface area contributed by atoms with Crippen LogP contribution in [0.1, 0.15) is 22.6 Å². The van der Waals surface area contributed by atoms with E-state index in [1.807, 2.05) is 6.20 Å². The summed E-state index contributed by atoms with van der Waals surface area (Å²) in [6.45, 7) is 1.94. The second-order valence-electron chi connectivity index (χ2n) is 7.43. The zero-order valence-corrected chi connectivity index (χ0v) is 16.0. The van der Waals surface area contributed by atoms with E-state index in [0.29, 0.717) is 11.8 Å². The standard InChI is InChI=1S/C23H22N4O/c1-27-13-18-9-17(22-11-24-12-23(26-22)28-2)5-6-19(18)20(14-27)16-4-3-15-7-8-25-21(15)10-16/h3-12,20,25H,13-14H2,1-2H3. The van der Waals surface area contributed by atoms with Crippen LogP contribution in [0.15, 0.2) is 61.1 Å². The van der Waals surface area contributed by atoms with Gasteiger partial charge in [0.05, 0.1) is 25.2 Å². The summed E-state index contributed by atoms with van der Waals surface area (Å²) >= 11 is 0. The highest BCUT2D eigenvalue weighted by Crippen LogP contribution is 2.36. The molecule has 0 bridgehead atoms. The van der Waals surface area contributed by atoms with Crippen LogP contribution >= 0.6 is 0 Å². The summed E-state index contributed by atoms with van der Waals surface area (Å²) in [5, 5.41) is 1.25. The molecule has 0 radical (unpaired) electrons. The summed E-state index contributed by atoms with van der Waals surface area (Å²) in [4.78, 5) is 14.5. The van der Waals surface area contributed by atoms with Gasteiger partial charge in [-0.2, -0.15) is 0 Å². The lowest BCUT2D eigenvalue weighted by atomic mass is 9.83. The van der Waals surface area contributed by atoms with E-state index in [2.05, 4.69) is 69.4 Å². The molecular formula is C23H22N4O. The van der Waals surface area contributed by atoms with Gasteiger partial charge in [0.25, 0.3) is 0 Å². The minimum atomic E-state index is 0.354. The molecule has 1 unspecified atom stereocenters. The Hall–Kier alpha value is -3.18. The SMILES string of the molecule is COc1cncc(-c2ccc3c(c2)CN(C)CC3c2ccc3cc[nH]c3c2)n1. The highest BCUT2D eigenvalue weighted by molar-refractivity contribution is 5.80. The number of fused-ring (bicyclic) bond motifs is 2. The number of hydrogen-bond acceptors (Lipinski definition) is 4. The molecule has 0 saturated carbocycles. The summed E-state index contributed by atoms with van der Waals surface area (Å²) < 4.78 is 5.22. The van der Waals surface area contributed by atoms with Crippen LogP contribution in [0.4, 0.5) is 0 Å². The van der Waals surface area contributed by atoms with Gasteiger partial charge in [0, 0.05) is 36.3 Å². The zero-order chi connectivity index (χ0) is 19.1. The van der Waals surface area contributed by atoms with Gasteiger partial charge in [-0.15, -0.1) is 0 Å². The molecule has 4 aromatic rings. The maximum Gasteiger partial charge on any atom is 0.232 e. The Bertz CT molecular complexity index is 1150.